The molecule has 0 saturated heterocycles. The number of rotatable bonds is 3. The summed E-state index contributed by atoms with van der Waals surface area (Å²) >= 11 is 0. The number of hydrogen-bond donors (Lipinski definition) is 1. The lowest BCUT2D eigenvalue weighted by atomic mass is 9.73. The second-order valence-corrected chi connectivity index (χ2v) is 6.93. The lowest BCUT2D eigenvalue weighted by molar-refractivity contribution is 0.0168. The van der Waals surface area contributed by atoms with Crippen molar-refractivity contribution in [2.24, 2.45) is 17.8 Å². The van der Waals surface area contributed by atoms with Crippen molar-refractivity contribution in [3.05, 3.63) is 29.8 Å². The third-order valence-electron chi connectivity index (χ3n) is 5.21. The van der Waals surface area contributed by atoms with Gasteiger partial charge in [0.15, 0.2) is 0 Å². The maximum atomic E-state index is 10.3. The summed E-state index contributed by atoms with van der Waals surface area (Å²) in [6.07, 6.45) is 5.45. The highest BCUT2D eigenvalue weighted by molar-refractivity contribution is 5.37. The first-order valence-electron chi connectivity index (χ1n) is 8.06. The fourth-order valence-corrected chi connectivity index (χ4v) is 3.87. The van der Waals surface area contributed by atoms with Crippen molar-refractivity contribution >= 4 is 0 Å². The molecule has 0 radical (unpaired) electrons. The van der Waals surface area contributed by atoms with Crippen LogP contribution in [0.3, 0.4) is 0 Å². The van der Waals surface area contributed by atoms with Crippen molar-refractivity contribution in [2.75, 3.05) is 0 Å². The monoisotopic (exact) mass is 274 g/mol. The highest BCUT2D eigenvalue weighted by Gasteiger charge is 2.34. The van der Waals surface area contributed by atoms with Crippen LogP contribution in [-0.2, 0) is 6.42 Å². The summed E-state index contributed by atoms with van der Waals surface area (Å²) in [6, 6.07) is 8.33. The zero-order valence-electron chi connectivity index (χ0n) is 12.6. The van der Waals surface area contributed by atoms with Crippen LogP contribution >= 0.6 is 0 Å². The van der Waals surface area contributed by atoms with Gasteiger partial charge in [-0.1, -0.05) is 32.0 Å². The molecule has 2 heteroatoms. The zero-order chi connectivity index (χ0) is 14.1. The number of benzene rings is 1. The van der Waals surface area contributed by atoms with E-state index >= 15 is 0 Å². The van der Waals surface area contributed by atoms with Gasteiger partial charge in [0.05, 0.1) is 6.10 Å². The molecule has 1 N–H and O–H groups in total. The van der Waals surface area contributed by atoms with Gasteiger partial charge >= 0.3 is 0 Å². The molecule has 1 aromatic rings. The van der Waals surface area contributed by atoms with Gasteiger partial charge in [-0.25, -0.2) is 0 Å². The summed E-state index contributed by atoms with van der Waals surface area (Å²) in [5.41, 5.74) is 1.32. The molecule has 1 heterocycles. The molecule has 20 heavy (non-hydrogen) atoms. The predicted molar refractivity (Wildman–Crippen MR) is 80.9 cm³/mol. The molecule has 2 aliphatic rings. The van der Waals surface area contributed by atoms with E-state index in [2.05, 4.69) is 32.0 Å². The molecular weight excluding hydrogens is 248 g/mol. The number of aliphatic hydroxyl groups is 1. The van der Waals surface area contributed by atoms with E-state index in [1.54, 1.807) is 0 Å². The number of para-hydroxylation sites is 1. The Balaban J connectivity index is 1.60. The van der Waals surface area contributed by atoms with E-state index in [9.17, 15) is 5.11 Å². The summed E-state index contributed by atoms with van der Waals surface area (Å²) < 4.78 is 6.04. The number of hydrogen-bond acceptors (Lipinski definition) is 2. The molecular formula is C18H26O2. The third-order valence-corrected chi connectivity index (χ3v) is 5.21. The van der Waals surface area contributed by atoms with Crippen LogP contribution in [0.4, 0.5) is 0 Å². The van der Waals surface area contributed by atoms with Crippen molar-refractivity contribution in [3.63, 3.8) is 0 Å². The summed E-state index contributed by atoms with van der Waals surface area (Å²) in [7, 11) is 0. The number of ether oxygens (including phenoxy) is 1. The van der Waals surface area contributed by atoms with Crippen LogP contribution in [-0.4, -0.2) is 17.3 Å². The maximum Gasteiger partial charge on any atom is 0.123 e. The SMILES string of the molecule is CC(C)C1CCC(O)C(CC2Cc3ccccc3O2)C1. The molecule has 1 aliphatic carbocycles. The third kappa shape index (κ3) is 2.85. The average Bonchev–Trinajstić information content (AvgIpc) is 2.83. The van der Waals surface area contributed by atoms with Crippen molar-refractivity contribution < 1.29 is 9.84 Å². The van der Waals surface area contributed by atoms with Gasteiger partial charge < -0.3 is 9.84 Å². The lowest BCUT2D eigenvalue weighted by Gasteiger charge is -2.36. The molecule has 2 nitrogen and oxygen atoms in total. The largest absolute Gasteiger partial charge is 0.490 e. The highest BCUT2D eigenvalue weighted by Crippen LogP contribution is 2.38. The molecule has 3 rings (SSSR count). The van der Waals surface area contributed by atoms with Gasteiger partial charge in [0.1, 0.15) is 11.9 Å². The van der Waals surface area contributed by atoms with Gasteiger partial charge in [0.2, 0.25) is 0 Å². The first kappa shape index (κ1) is 13.9. The fraction of sp³-hybridized carbons (Fsp3) is 0.667. The second kappa shape index (κ2) is 5.77. The normalized spacial score (nSPS) is 33.0. The molecule has 1 aromatic carbocycles. The Morgan fingerprint density at radius 1 is 1.25 bits per heavy atom. The van der Waals surface area contributed by atoms with Crippen LogP contribution < -0.4 is 4.74 Å². The minimum absolute atomic E-state index is 0.127. The van der Waals surface area contributed by atoms with Crippen LogP contribution in [0.25, 0.3) is 0 Å². The van der Waals surface area contributed by atoms with Gasteiger partial charge in [-0.2, -0.15) is 0 Å². The molecule has 1 fully saturated rings. The quantitative estimate of drug-likeness (QED) is 0.908. The van der Waals surface area contributed by atoms with E-state index in [1.165, 1.54) is 12.0 Å². The molecule has 4 atom stereocenters. The fourth-order valence-electron chi connectivity index (χ4n) is 3.87. The Morgan fingerprint density at radius 3 is 2.80 bits per heavy atom. The summed E-state index contributed by atoms with van der Waals surface area (Å²) in [6.45, 7) is 4.61. The van der Waals surface area contributed by atoms with E-state index in [-0.39, 0.29) is 12.2 Å². The molecule has 110 valence electrons. The van der Waals surface area contributed by atoms with E-state index in [0.29, 0.717) is 5.92 Å². The van der Waals surface area contributed by atoms with Crippen molar-refractivity contribution in [1.82, 2.24) is 0 Å². The van der Waals surface area contributed by atoms with Crippen LogP contribution in [0.5, 0.6) is 5.75 Å². The van der Waals surface area contributed by atoms with Crippen LogP contribution in [0, 0.1) is 17.8 Å². The van der Waals surface area contributed by atoms with Crippen LogP contribution in [0.2, 0.25) is 0 Å². The van der Waals surface area contributed by atoms with Crippen molar-refractivity contribution in [2.45, 2.75) is 58.2 Å². The second-order valence-electron chi connectivity index (χ2n) is 6.93. The molecule has 1 saturated carbocycles. The minimum atomic E-state index is -0.127. The van der Waals surface area contributed by atoms with Gasteiger partial charge in [-0.05, 0) is 55.1 Å². The summed E-state index contributed by atoms with van der Waals surface area (Å²) in [4.78, 5) is 0. The zero-order valence-corrected chi connectivity index (χ0v) is 12.6. The summed E-state index contributed by atoms with van der Waals surface area (Å²) in [5.74, 6) is 2.96. The standard InChI is InChI=1S/C18H26O2/c1-12(2)13-7-8-17(19)15(9-13)11-16-10-14-5-3-4-6-18(14)20-16/h3-6,12-13,15-17,19H,7-11H2,1-2H3. The van der Waals surface area contributed by atoms with E-state index in [0.717, 1.165) is 43.3 Å². The van der Waals surface area contributed by atoms with Gasteiger partial charge in [0.25, 0.3) is 0 Å². The highest BCUT2D eigenvalue weighted by atomic mass is 16.5. The van der Waals surface area contributed by atoms with Gasteiger partial charge in [-0.3, -0.25) is 0 Å². The lowest BCUT2D eigenvalue weighted by Crippen LogP contribution is -2.34. The Bertz CT molecular complexity index is 429. The Labute approximate surface area is 122 Å². The number of aliphatic hydroxyl groups excluding tert-OH is 1. The Kier molecular flexibility index (Phi) is 4.02. The first-order valence-corrected chi connectivity index (χ1v) is 8.06. The minimum Gasteiger partial charge on any atom is -0.490 e. The molecule has 0 spiro atoms. The van der Waals surface area contributed by atoms with Crippen molar-refractivity contribution in [3.8, 4) is 5.75 Å². The maximum absolute atomic E-state index is 10.3. The molecule has 0 bridgehead atoms. The van der Waals surface area contributed by atoms with E-state index in [4.69, 9.17) is 4.74 Å². The van der Waals surface area contributed by atoms with Crippen LogP contribution in [0.1, 0.15) is 45.1 Å². The van der Waals surface area contributed by atoms with Gasteiger partial charge in [-0.15, -0.1) is 0 Å². The van der Waals surface area contributed by atoms with Crippen LogP contribution in [0.15, 0.2) is 24.3 Å². The summed E-state index contributed by atoms with van der Waals surface area (Å²) in [5, 5.41) is 10.3. The Hall–Kier alpha value is -1.02. The van der Waals surface area contributed by atoms with E-state index < -0.39 is 0 Å². The van der Waals surface area contributed by atoms with Crippen molar-refractivity contribution in [1.29, 1.82) is 0 Å². The molecule has 0 amide bonds. The molecule has 1 aliphatic heterocycles. The first-order chi connectivity index (χ1) is 9.63. The Morgan fingerprint density at radius 2 is 2.05 bits per heavy atom. The van der Waals surface area contributed by atoms with E-state index in [1.807, 2.05) is 6.07 Å². The average molecular weight is 274 g/mol. The molecule has 4 unspecified atom stereocenters. The predicted octanol–water partition coefficient (Wildman–Crippen LogP) is 3.81. The smallest absolute Gasteiger partial charge is 0.123 e. The topological polar surface area (TPSA) is 29.5 Å². The molecule has 0 aromatic heterocycles. The number of fused-ring (bicyclic) bond motifs is 1. The van der Waals surface area contributed by atoms with Gasteiger partial charge in [0, 0.05) is 6.42 Å².